The number of amides is 2. The number of carbonyl (C=O) groups excluding carboxylic acids is 2. The van der Waals surface area contributed by atoms with Crippen molar-refractivity contribution in [2.24, 2.45) is 0 Å². The van der Waals surface area contributed by atoms with Gasteiger partial charge < -0.3 is 10.2 Å². The van der Waals surface area contributed by atoms with Crippen LogP contribution in [0.15, 0.2) is 48.5 Å². The molecule has 0 aliphatic heterocycles. The Morgan fingerprint density at radius 2 is 1.68 bits per heavy atom. The van der Waals surface area contributed by atoms with Gasteiger partial charge >= 0.3 is 0 Å². The van der Waals surface area contributed by atoms with E-state index in [4.69, 9.17) is 11.6 Å². The van der Waals surface area contributed by atoms with E-state index >= 15 is 0 Å². The van der Waals surface area contributed by atoms with Gasteiger partial charge in [0.25, 0.3) is 0 Å². The number of anilines is 1. The molecular formula is C24H31ClFN3O4S. The quantitative estimate of drug-likeness (QED) is 0.494. The van der Waals surface area contributed by atoms with Gasteiger partial charge in [-0.3, -0.25) is 13.9 Å². The van der Waals surface area contributed by atoms with E-state index < -0.39 is 34.3 Å². The van der Waals surface area contributed by atoms with Crippen molar-refractivity contribution in [1.82, 2.24) is 10.2 Å². The predicted molar refractivity (Wildman–Crippen MR) is 133 cm³/mol. The number of nitrogens with zero attached hydrogens (tertiary/aromatic N) is 2. The monoisotopic (exact) mass is 511 g/mol. The van der Waals surface area contributed by atoms with Crippen LogP contribution in [0.5, 0.6) is 0 Å². The summed E-state index contributed by atoms with van der Waals surface area (Å²) in [5.74, 6) is -1.74. The zero-order chi connectivity index (χ0) is 25.5. The van der Waals surface area contributed by atoms with Crippen LogP contribution in [-0.4, -0.2) is 50.0 Å². The summed E-state index contributed by atoms with van der Waals surface area (Å²) in [4.78, 5) is 27.9. The van der Waals surface area contributed by atoms with Gasteiger partial charge in [-0.15, -0.1) is 0 Å². The lowest BCUT2D eigenvalue weighted by Crippen LogP contribution is -2.53. The zero-order valence-corrected chi connectivity index (χ0v) is 21.4. The average Bonchev–Trinajstić information content (AvgIpc) is 2.78. The minimum atomic E-state index is -4.00. The summed E-state index contributed by atoms with van der Waals surface area (Å²) < 4.78 is 40.1. The SMILES string of the molecule is CC[C@H](C(=O)N[C@@H](C)CC)N(Cc1ccc(Cl)cc1)C(=O)CN(c1ccccc1F)S(C)(=O)=O. The van der Waals surface area contributed by atoms with Crippen LogP contribution < -0.4 is 9.62 Å². The first kappa shape index (κ1) is 27.6. The second-order valence-electron chi connectivity index (χ2n) is 8.11. The average molecular weight is 512 g/mol. The number of benzene rings is 2. The van der Waals surface area contributed by atoms with Crippen LogP contribution in [0.3, 0.4) is 0 Å². The van der Waals surface area contributed by atoms with E-state index in [2.05, 4.69) is 5.32 Å². The van der Waals surface area contributed by atoms with Crippen LogP contribution in [0.1, 0.15) is 39.2 Å². The molecule has 2 atom stereocenters. The molecule has 10 heteroatoms. The Kier molecular flexibility index (Phi) is 9.88. The first-order valence-corrected chi connectivity index (χ1v) is 13.3. The molecule has 2 aromatic carbocycles. The largest absolute Gasteiger partial charge is 0.352 e. The Bertz CT molecular complexity index is 1100. The summed E-state index contributed by atoms with van der Waals surface area (Å²) in [5, 5.41) is 3.41. The standard InChI is InChI=1S/C24H31ClFN3O4S/c1-5-17(3)27-24(31)21(6-2)28(15-18-11-13-19(25)14-12-18)23(30)16-29(34(4,32)33)22-10-8-7-9-20(22)26/h7-14,17,21H,5-6,15-16H2,1-4H3,(H,27,31)/t17-,21+/m0/s1. The van der Waals surface area contributed by atoms with Gasteiger partial charge in [-0.25, -0.2) is 12.8 Å². The van der Waals surface area contributed by atoms with Gasteiger partial charge in [-0.05, 0) is 49.6 Å². The van der Waals surface area contributed by atoms with E-state index in [0.717, 1.165) is 16.6 Å². The molecule has 1 N–H and O–H groups in total. The first-order valence-electron chi connectivity index (χ1n) is 11.0. The lowest BCUT2D eigenvalue weighted by atomic mass is 10.1. The number of halogens is 2. The van der Waals surface area contributed by atoms with Gasteiger partial charge in [-0.1, -0.05) is 49.7 Å². The molecule has 0 saturated carbocycles. The van der Waals surface area contributed by atoms with E-state index in [1.54, 1.807) is 31.2 Å². The van der Waals surface area contributed by atoms with Gasteiger partial charge in [0.05, 0.1) is 11.9 Å². The molecule has 0 spiro atoms. The van der Waals surface area contributed by atoms with Gasteiger partial charge in [-0.2, -0.15) is 0 Å². The summed E-state index contributed by atoms with van der Waals surface area (Å²) in [5.41, 5.74) is 0.478. The molecule has 0 aromatic heterocycles. The molecule has 0 saturated heterocycles. The molecule has 2 rings (SSSR count). The Hall–Kier alpha value is -2.65. The second-order valence-corrected chi connectivity index (χ2v) is 10.5. The lowest BCUT2D eigenvalue weighted by molar-refractivity contribution is -0.140. The maximum atomic E-state index is 14.4. The van der Waals surface area contributed by atoms with Crippen molar-refractivity contribution in [3.05, 3.63) is 64.9 Å². The number of rotatable bonds is 11. The lowest BCUT2D eigenvalue weighted by Gasteiger charge is -2.33. The number of para-hydroxylation sites is 1. The second kappa shape index (κ2) is 12.2. The predicted octanol–water partition coefficient (Wildman–Crippen LogP) is 3.97. The van der Waals surface area contributed by atoms with E-state index in [-0.39, 0.29) is 24.2 Å². The van der Waals surface area contributed by atoms with Crippen LogP contribution in [-0.2, 0) is 26.2 Å². The van der Waals surface area contributed by atoms with Crippen molar-refractivity contribution in [3.8, 4) is 0 Å². The normalized spacial score (nSPS) is 13.1. The van der Waals surface area contributed by atoms with Crippen LogP contribution in [0, 0.1) is 5.82 Å². The Morgan fingerprint density at radius 1 is 1.06 bits per heavy atom. The maximum absolute atomic E-state index is 14.4. The highest BCUT2D eigenvalue weighted by Crippen LogP contribution is 2.23. The molecule has 0 radical (unpaired) electrons. The third-order valence-corrected chi connectivity index (χ3v) is 6.83. The van der Waals surface area contributed by atoms with Crippen molar-refractivity contribution >= 4 is 39.1 Å². The summed E-state index contributed by atoms with van der Waals surface area (Å²) in [7, 11) is -4.00. The third-order valence-electron chi connectivity index (χ3n) is 5.45. The Balaban J connectivity index is 2.44. The number of sulfonamides is 1. The highest BCUT2D eigenvalue weighted by atomic mass is 35.5. The van der Waals surface area contributed by atoms with Crippen molar-refractivity contribution in [2.45, 2.75) is 52.2 Å². The zero-order valence-electron chi connectivity index (χ0n) is 19.8. The van der Waals surface area contributed by atoms with Crippen molar-refractivity contribution in [3.63, 3.8) is 0 Å². The molecular weight excluding hydrogens is 481 g/mol. The molecule has 0 aliphatic carbocycles. The van der Waals surface area contributed by atoms with E-state index in [1.165, 1.54) is 23.1 Å². The summed E-state index contributed by atoms with van der Waals surface area (Å²) in [6.07, 6.45) is 1.92. The van der Waals surface area contributed by atoms with Crippen molar-refractivity contribution in [2.75, 3.05) is 17.1 Å². The number of hydrogen-bond donors (Lipinski definition) is 1. The topological polar surface area (TPSA) is 86.8 Å². The molecule has 0 unspecified atom stereocenters. The first-order chi connectivity index (χ1) is 16.0. The summed E-state index contributed by atoms with van der Waals surface area (Å²) >= 11 is 5.97. The fourth-order valence-electron chi connectivity index (χ4n) is 3.40. The van der Waals surface area contributed by atoms with E-state index in [0.29, 0.717) is 23.4 Å². The number of carbonyl (C=O) groups is 2. The van der Waals surface area contributed by atoms with Gasteiger partial charge in [0.15, 0.2) is 0 Å². The molecule has 34 heavy (non-hydrogen) atoms. The molecule has 0 bridgehead atoms. The maximum Gasteiger partial charge on any atom is 0.244 e. The third kappa shape index (κ3) is 7.43. The smallest absolute Gasteiger partial charge is 0.244 e. The van der Waals surface area contributed by atoms with Gasteiger partial charge in [0.1, 0.15) is 18.4 Å². The molecule has 2 amide bonds. The Labute approximate surface area is 205 Å². The fourth-order valence-corrected chi connectivity index (χ4v) is 4.37. The van der Waals surface area contributed by atoms with Crippen LogP contribution in [0.4, 0.5) is 10.1 Å². The summed E-state index contributed by atoms with van der Waals surface area (Å²) in [6.45, 7) is 4.96. The van der Waals surface area contributed by atoms with Crippen LogP contribution in [0.2, 0.25) is 5.02 Å². The number of hydrogen-bond acceptors (Lipinski definition) is 4. The van der Waals surface area contributed by atoms with Crippen molar-refractivity contribution in [1.29, 1.82) is 0 Å². The van der Waals surface area contributed by atoms with E-state index in [9.17, 15) is 22.4 Å². The van der Waals surface area contributed by atoms with Gasteiger partial charge in [0.2, 0.25) is 21.8 Å². The highest BCUT2D eigenvalue weighted by molar-refractivity contribution is 7.92. The van der Waals surface area contributed by atoms with Gasteiger partial charge in [0, 0.05) is 17.6 Å². The molecule has 186 valence electrons. The minimum absolute atomic E-state index is 0.0529. The molecule has 7 nitrogen and oxygen atoms in total. The molecule has 0 aliphatic rings. The molecule has 2 aromatic rings. The van der Waals surface area contributed by atoms with Crippen LogP contribution >= 0.6 is 11.6 Å². The highest BCUT2D eigenvalue weighted by Gasteiger charge is 2.32. The molecule has 0 fully saturated rings. The summed E-state index contributed by atoms with van der Waals surface area (Å²) in [6, 6.07) is 11.2. The van der Waals surface area contributed by atoms with Crippen LogP contribution in [0.25, 0.3) is 0 Å². The Morgan fingerprint density at radius 3 is 2.21 bits per heavy atom. The minimum Gasteiger partial charge on any atom is -0.352 e. The molecule has 0 heterocycles. The number of nitrogens with one attached hydrogen (secondary N) is 1. The van der Waals surface area contributed by atoms with Crippen molar-refractivity contribution < 1.29 is 22.4 Å². The fraction of sp³-hybridized carbons (Fsp3) is 0.417. The van der Waals surface area contributed by atoms with E-state index in [1.807, 2.05) is 13.8 Å².